The van der Waals surface area contributed by atoms with E-state index in [4.69, 9.17) is 5.11 Å². The first kappa shape index (κ1) is 14.8. The Morgan fingerprint density at radius 2 is 1.89 bits per heavy atom. The zero-order valence-corrected chi connectivity index (χ0v) is 10.2. The summed E-state index contributed by atoms with van der Waals surface area (Å²) in [6.45, 7) is 2.09. The van der Waals surface area contributed by atoms with Gasteiger partial charge in [-0.3, -0.25) is 9.59 Å². The van der Waals surface area contributed by atoms with Crippen LogP contribution in [0.15, 0.2) is 0 Å². The number of carbonyl (C=O) groups is 2. The van der Waals surface area contributed by atoms with Crippen LogP contribution in [0.25, 0.3) is 0 Å². The second-order valence-electron chi connectivity index (χ2n) is 5.01. The van der Waals surface area contributed by atoms with E-state index in [2.05, 4.69) is 0 Å². The topological polar surface area (TPSA) is 57.6 Å². The minimum Gasteiger partial charge on any atom is -0.481 e. The SMILES string of the molecule is CC(C)CN(CC(F)(F)F)C(=O)C1CC1C(=O)O. The molecule has 1 aliphatic carbocycles. The van der Waals surface area contributed by atoms with Gasteiger partial charge in [0.15, 0.2) is 0 Å². The molecule has 4 nitrogen and oxygen atoms in total. The Bertz CT molecular complexity index is 341. The minimum absolute atomic E-state index is 0.0127. The predicted octanol–water partition coefficient (Wildman–Crippen LogP) is 1.75. The molecule has 18 heavy (non-hydrogen) atoms. The van der Waals surface area contributed by atoms with Crippen LogP contribution in [0, 0.1) is 17.8 Å². The second kappa shape index (κ2) is 5.16. The lowest BCUT2D eigenvalue weighted by atomic mass is 10.2. The molecule has 1 aliphatic rings. The standard InChI is InChI=1S/C11H16F3NO3/c1-6(2)4-15(5-11(12,13)14)9(16)7-3-8(7)10(17)18/h6-8H,3-5H2,1-2H3,(H,17,18). The number of hydrogen-bond donors (Lipinski definition) is 1. The van der Waals surface area contributed by atoms with E-state index >= 15 is 0 Å². The number of halogens is 3. The lowest BCUT2D eigenvalue weighted by molar-refractivity contribution is -0.163. The van der Waals surface area contributed by atoms with Gasteiger partial charge in [0.05, 0.1) is 11.8 Å². The summed E-state index contributed by atoms with van der Waals surface area (Å²) >= 11 is 0. The smallest absolute Gasteiger partial charge is 0.406 e. The summed E-state index contributed by atoms with van der Waals surface area (Å²) in [4.78, 5) is 23.1. The number of carboxylic acids is 1. The number of hydrogen-bond acceptors (Lipinski definition) is 2. The molecule has 2 unspecified atom stereocenters. The number of carboxylic acid groups (broad SMARTS) is 1. The zero-order valence-electron chi connectivity index (χ0n) is 10.2. The second-order valence-corrected chi connectivity index (χ2v) is 5.01. The first-order chi connectivity index (χ1) is 8.11. The Morgan fingerprint density at radius 1 is 1.33 bits per heavy atom. The molecule has 0 heterocycles. The van der Waals surface area contributed by atoms with Gasteiger partial charge in [0.25, 0.3) is 0 Å². The van der Waals surface area contributed by atoms with Gasteiger partial charge in [0, 0.05) is 6.54 Å². The Kier molecular flexibility index (Phi) is 4.24. The molecule has 104 valence electrons. The summed E-state index contributed by atoms with van der Waals surface area (Å²) < 4.78 is 37.0. The molecule has 1 saturated carbocycles. The maximum absolute atomic E-state index is 12.3. The molecule has 0 radical (unpaired) electrons. The molecule has 7 heteroatoms. The highest BCUT2D eigenvalue weighted by atomic mass is 19.4. The monoisotopic (exact) mass is 267 g/mol. The van der Waals surface area contributed by atoms with Crippen molar-refractivity contribution in [3.8, 4) is 0 Å². The fourth-order valence-electron chi connectivity index (χ4n) is 1.86. The normalized spacial score (nSPS) is 23.0. The third-order valence-electron chi connectivity index (χ3n) is 2.69. The Morgan fingerprint density at radius 3 is 2.22 bits per heavy atom. The maximum Gasteiger partial charge on any atom is 0.406 e. The van der Waals surface area contributed by atoms with Crippen LogP contribution in [-0.4, -0.2) is 41.1 Å². The molecule has 0 spiro atoms. The van der Waals surface area contributed by atoms with Gasteiger partial charge < -0.3 is 10.0 Å². The molecule has 0 saturated heterocycles. The minimum atomic E-state index is -4.46. The fourth-order valence-corrected chi connectivity index (χ4v) is 1.86. The van der Waals surface area contributed by atoms with E-state index < -0.39 is 36.4 Å². The van der Waals surface area contributed by atoms with Gasteiger partial charge in [0.2, 0.25) is 5.91 Å². The number of aliphatic carboxylic acids is 1. The lowest BCUT2D eigenvalue weighted by Crippen LogP contribution is -2.42. The van der Waals surface area contributed by atoms with E-state index in [0.29, 0.717) is 0 Å². The Balaban J connectivity index is 2.66. The molecule has 1 rings (SSSR count). The summed E-state index contributed by atoms with van der Waals surface area (Å²) in [6, 6.07) is 0. The van der Waals surface area contributed by atoms with Crippen LogP contribution in [0.1, 0.15) is 20.3 Å². The predicted molar refractivity (Wildman–Crippen MR) is 56.7 cm³/mol. The molecule has 1 amide bonds. The van der Waals surface area contributed by atoms with Gasteiger partial charge in [0.1, 0.15) is 6.54 Å². The first-order valence-electron chi connectivity index (χ1n) is 5.70. The van der Waals surface area contributed by atoms with Crippen molar-refractivity contribution < 1.29 is 27.9 Å². The highest BCUT2D eigenvalue weighted by Gasteiger charge is 2.50. The van der Waals surface area contributed by atoms with Gasteiger partial charge in [-0.25, -0.2) is 0 Å². The molecule has 0 bridgehead atoms. The average Bonchev–Trinajstić information content (AvgIpc) is 2.91. The van der Waals surface area contributed by atoms with Crippen molar-refractivity contribution in [3.63, 3.8) is 0 Å². The van der Waals surface area contributed by atoms with Crippen molar-refractivity contribution in [2.75, 3.05) is 13.1 Å². The van der Waals surface area contributed by atoms with E-state index in [1.807, 2.05) is 0 Å². The lowest BCUT2D eigenvalue weighted by Gasteiger charge is -2.25. The molecule has 1 fully saturated rings. The summed E-state index contributed by atoms with van der Waals surface area (Å²) in [6.07, 6.45) is -4.32. The number of rotatable bonds is 5. The van der Waals surface area contributed by atoms with Crippen LogP contribution in [0.5, 0.6) is 0 Å². The van der Waals surface area contributed by atoms with Gasteiger partial charge >= 0.3 is 12.1 Å². The Hall–Kier alpha value is -1.27. The number of nitrogens with zero attached hydrogens (tertiary/aromatic N) is 1. The maximum atomic E-state index is 12.3. The van der Waals surface area contributed by atoms with E-state index in [-0.39, 0.29) is 18.9 Å². The van der Waals surface area contributed by atoms with Gasteiger partial charge in [-0.15, -0.1) is 0 Å². The largest absolute Gasteiger partial charge is 0.481 e. The summed E-state index contributed by atoms with van der Waals surface area (Å²) in [5.74, 6) is -3.53. The van der Waals surface area contributed by atoms with E-state index in [0.717, 1.165) is 4.90 Å². The summed E-state index contributed by atoms with van der Waals surface area (Å²) in [5.41, 5.74) is 0. The van der Waals surface area contributed by atoms with Crippen LogP contribution < -0.4 is 0 Å². The van der Waals surface area contributed by atoms with Crippen molar-refractivity contribution in [3.05, 3.63) is 0 Å². The number of alkyl halides is 3. The van der Waals surface area contributed by atoms with Crippen molar-refractivity contribution in [2.24, 2.45) is 17.8 Å². The van der Waals surface area contributed by atoms with Crippen LogP contribution >= 0.6 is 0 Å². The van der Waals surface area contributed by atoms with Crippen LogP contribution in [-0.2, 0) is 9.59 Å². The highest BCUT2D eigenvalue weighted by Crippen LogP contribution is 2.40. The zero-order chi connectivity index (χ0) is 14.1. The molecular weight excluding hydrogens is 251 g/mol. The molecule has 0 aromatic carbocycles. The molecule has 0 aromatic rings. The number of amides is 1. The summed E-state index contributed by atoms with van der Waals surface area (Å²) in [7, 11) is 0. The number of carbonyl (C=O) groups excluding carboxylic acids is 1. The van der Waals surface area contributed by atoms with E-state index in [9.17, 15) is 22.8 Å². The third-order valence-corrected chi connectivity index (χ3v) is 2.69. The third kappa shape index (κ3) is 4.19. The van der Waals surface area contributed by atoms with Crippen molar-refractivity contribution in [2.45, 2.75) is 26.4 Å². The fraction of sp³-hybridized carbons (Fsp3) is 0.818. The molecule has 0 aliphatic heterocycles. The first-order valence-corrected chi connectivity index (χ1v) is 5.70. The van der Waals surface area contributed by atoms with Gasteiger partial charge in [-0.2, -0.15) is 13.2 Å². The van der Waals surface area contributed by atoms with Gasteiger partial charge in [-0.05, 0) is 12.3 Å². The quantitative estimate of drug-likeness (QED) is 0.825. The summed E-state index contributed by atoms with van der Waals surface area (Å²) in [5, 5.41) is 8.68. The molecule has 2 atom stereocenters. The van der Waals surface area contributed by atoms with Crippen LogP contribution in [0.4, 0.5) is 13.2 Å². The highest BCUT2D eigenvalue weighted by molar-refractivity contribution is 5.89. The van der Waals surface area contributed by atoms with Gasteiger partial charge in [-0.1, -0.05) is 13.8 Å². The molecular formula is C11H16F3NO3. The van der Waals surface area contributed by atoms with Crippen LogP contribution in [0.2, 0.25) is 0 Å². The van der Waals surface area contributed by atoms with Crippen LogP contribution in [0.3, 0.4) is 0 Å². The molecule has 1 N–H and O–H groups in total. The van der Waals surface area contributed by atoms with Crippen molar-refractivity contribution >= 4 is 11.9 Å². The van der Waals surface area contributed by atoms with Crippen molar-refractivity contribution in [1.29, 1.82) is 0 Å². The average molecular weight is 267 g/mol. The van der Waals surface area contributed by atoms with Crippen molar-refractivity contribution in [1.82, 2.24) is 4.90 Å². The van der Waals surface area contributed by atoms with E-state index in [1.165, 1.54) is 0 Å². The van der Waals surface area contributed by atoms with E-state index in [1.54, 1.807) is 13.8 Å². The Labute approximate surface area is 103 Å². The molecule has 0 aromatic heterocycles.